The number of aromatic nitrogens is 1. The van der Waals surface area contributed by atoms with E-state index in [0.29, 0.717) is 9.90 Å². The highest BCUT2D eigenvalue weighted by Gasteiger charge is 2.26. The van der Waals surface area contributed by atoms with Crippen molar-refractivity contribution >= 4 is 39.7 Å². The Morgan fingerprint density at radius 1 is 1.11 bits per heavy atom. The van der Waals surface area contributed by atoms with Crippen LogP contribution in [0.5, 0.6) is 0 Å². The molecule has 2 aromatic heterocycles. The number of benzene rings is 1. The van der Waals surface area contributed by atoms with E-state index in [1.165, 1.54) is 11.3 Å². The Balaban J connectivity index is 2.17. The van der Waals surface area contributed by atoms with Gasteiger partial charge in [0.25, 0.3) is 5.91 Å². The van der Waals surface area contributed by atoms with Gasteiger partial charge in [-0.3, -0.25) is 4.79 Å². The zero-order valence-corrected chi connectivity index (χ0v) is 17.8. The van der Waals surface area contributed by atoms with E-state index in [1.807, 2.05) is 47.4 Å². The molecule has 0 saturated heterocycles. The maximum absolute atomic E-state index is 13.6. The summed E-state index contributed by atoms with van der Waals surface area (Å²) in [4.78, 5) is 21.4. The molecule has 0 aliphatic heterocycles. The van der Waals surface area contributed by atoms with E-state index in [4.69, 9.17) is 16.6 Å². The molecule has 0 N–H and O–H groups in total. The predicted octanol–water partition coefficient (Wildman–Crippen LogP) is 6.66. The SMILES string of the molecule is CCC(C)N(C(=O)c1cc(-c2ccc(Cl)s2)nc2ccccc12)C(C)CC. The van der Waals surface area contributed by atoms with Crippen LogP contribution < -0.4 is 0 Å². The number of halogens is 1. The lowest BCUT2D eigenvalue weighted by Gasteiger charge is -2.34. The number of carbonyl (C=O) groups is 1. The van der Waals surface area contributed by atoms with Crippen LogP contribution in [-0.4, -0.2) is 27.9 Å². The second-order valence-electron chi connectivity index (χ2n) is 6.90. The molecule has 2 unspecified atom stereocenters. The molecule has 142 valence electrons. The van der Waals surface area contributed by atoms with Crippen LogP contribution in [0.3, 0.4) is 0 Å². The van der Waals surface area contributed by atoms with Gasteiger partial charge in [0, 0.05) is 17.5 Å². The number of hydrogen-bond acceptors (Lipinski definition) is 3. The summed E-state index contributed by atoms with van der Waals surface area (Å²) in [5.41, 5.74) is 2.33. The third-order valence-electron chi connectivity index (χ3n) is 5.14. The smallest absolute Gasteiger partial charge is 0.255 e. The van der Waals surface area contributed by atoms with Gasteiger partial charge in [0.05, 0.1) is 26.0 Å². The largest absolute Gasteiger partial charge is 0.333 e. The Kier molecular flexibility index (Phi) is 6.18. The van der Waals surface area contributed by atoms with E-state index in [2.05, 4.69) is 27.7 Å². The van der Waals surface area contributed by atoms with Crippen LogP contribution in [0.2, 0.25) is 4.34 Å². The summed E-state index contributed by atoms with van der Waals surface area (Å²) in [6.45, 7) is 8.48. The van der Waals surface area contributed by atoms with E-state index < -0.39 is 0 Å². The van der Waals surface area contributed by atoms with Crippen molar-refractivity contribution < 1.29 is 4.79 Å². The fraction of sp³-hybridized carbons (Fsp3) is 0.364. The van der Waals surface area contributed by atoms with Gasteiger partial charge in [-0.05, 0) is 51.0 Å². The second-order valence-corrected chi connectivity index (χ2v) is 8.62. The highest BCUT2D eigenvalue weighted by molar-refractivity contribution is 7.19. The fourth-order valence-corrected chi connectivity index (χ4v) is 4.30. The number of pyridine rings is 1. The van der Waals surface area contributed by atoms with Crippen molar-refractivity contribution in [1.29, 1.82) is 0 Å². The van der Waals surface area contributed by atoms with Crippen LogP contribution in [-0.2, 0) is 0 Å². The molecule has 27 heavy (non-hydrogen) atoms. The van der Waals surface area contributed by atoms with Crippen LogP contribution in [0.4, 0.5) is 0 Å². The van der Waals surface area contributed by atoms with E-state index in [0.717, 1.165) is 34.3 Å². The van der Waals surface area contributed by atoms with Crippen LogP contribution in [0, 0.1) is 0 Å². The Labute approximate surface area is 170 Å². The van der Waals surface area contributed by atoms with Gasteiger partial charge < -0.3 is 4.90 Å². The molecule has 2 atom stereocenters. The number of thiophene rings is 1. The zero-order chi connectivity index (χ0) is 19.6. The number of para-hydroxylation sites is 1. The van der Waals surface area contributed by atoms with Crippen molar-refractivity contribution in [2.75, 3.05) is 0 Å². The first-order valence-corrected chi connectivity index (χ1v) is 10.6. The zero-order valence-electron chi connectivity index (χ0n) is 16.2. The minimum absolute atomic E-state index is 0.0706. The summed E-state index contributed by atoms with van der Waals surface area (Å²) in [6.07, 6.45) is 1.85. The average Bonchev–Trinajstić information content (AvgIpc) is 3.13. The number of carbonyl (C=O) groups excluding carboxylic acids is 1. The summed E-state index contributed by atoms with van der Waals surface area (Å²) in [5.74, 6) is 0.0706. The molecule has 5 heteroatoms. The molecule has 0 radical (unpaired) electrons. The van der Waals surface area contributed by atoms with Gasteiger partial charge in [0.15, 0.2) is 0 Å². The van der Waals surface area contributed by atoms with Crippen molar-refractivity contribution in [1.82, 2.24) is 9.88 Å². The van der Waals surface area contributed by atoms with Gasteiger partial charge >= 0.3 is 0 Å². The van der Waals surface area contributed by atoms with E-state index in [1.54, 1.807) is 0 Å². The minimum Gasteiger partial charge on any atom is -0.333 e. The Hall–Kier alpha value is -1.91. The first kappa shape index (κ1) is 19.8. The molecule has 3 aromatic rings. The quantitative estimate of drug-likeness (QED) is 0.463. The number of nitrogens with zero attached hydrogens (tertiary/aromatic N) is 2. The third-order valence-corrected chi connectivity index (χ3v) is 6.39. The number of fused-ring (bicyclic) bond motifs is 1. The van der Waals surface area contributed by atoms with Crippen molar-refractivity contribution in [3.8, 4) is 10.6 Å². The van der Waals surface area contributed by atoms with Gasteiger partial charge in [0.1, 0.15) is 0 Å². The monoisotopic (exact) mass is 400 g/mol. The lowest BCUT2D eigenvalue weighted by atomic mass is 10.0. The molecule has 2 heterocycles. The second kappa shape index (κ2) is 8.41. The maximum atomic E-state index is 13.6. The fourth-order valence-electron chi connectivity index (χ4n) is 3.30. The molecule has 0 fully saturated rings. The number of amides is 1. The number of hydrogen-bond donors (Lipinski definition) is 0. The van der Waals surface area contributed by atoms with Crippen molar-refractivity contribution in [3.63, 3.8) is 0 Å². The normalized spacial score (nSPS) is 13.5. The Bertz CT molecular complexity index is 942. The van der Waals surface area contributed by atoms with E-state index in [9.17, 15) is 4.79 Å². The topological polar surface area (TPSA) is 33.2 Å². The molecule has 3 rings (SSSR count). The lowest BCUT2D eigenvalue weighted by Crippen LogP contribution is -2.44. The van der Waals surface area contributed by atoms with Crippen LogP contribution in [0.1, 0.15) is 50.9 Å². The van der Waals surface area contributed by atoms with Gasteiger partial charge in [-0.2, -0.15) is 0 Å². The highest BCUT2D eigenvalue weighted by atomic mass is 35.5. The molecule has 1 amide bonds. The van der Waals surface area contributed by atoms with Crippen LogP contribution in [0.15, 0.2) is 42.5 Å². The first-order valence-electron chi connectivity index (χ1n) is 9.44. The van der Waals surface area contributed by atoms with Crippen molar-refractivity contribution in [3.05, 3.63) is 52.4 Å². The summed E-state index contributed by atoms with van der Waals surface area (Å²) in [5, 5.41) is 0.894. The molecule has 1 aromatic carbocycles. The molecule has 0 bridgehead atoms. The summed E-state index contributed by atoms with van der Waals surface area (Å²) >= 11 is 7.60. The summed E-state index contributed by atoms with van der Waals surface area (Å²) in [6, 6.07) is 14.0. The summed E-state index contributed by atoms with van der Waals surface area (Å²) < 4.78 is 0.716. The molecule has 0 aliphatic rings. The molecule has 0 spiro atoms. The van der Waals surface area contributed by atoms with Crippen LogP contribution >= 0.6 is 22.9 Å². The summed E-state index contributed by atoms with van der Waals surface area (Å²) in [7, 11) is 0. The Morgan fingerprint density at radius 2 is 1.78 bits per heavy atom. The molecular weight excluding hydrogens is 376 g/mol. The lowest BCUT2D eigenvalue weighted by molar-refractivity contribution is 0.0600. The van der Waals surface area contributed by atoms with Gasteiger partial charge in [0.2, 0.25) is 0 Å². The van der Waals surface area contributed by atoms with Crippen LogP contribution in [0.25, 0.3) is 21.5 Å². The molecule has 0 saturated carbocycles. The third kappa shape index (κ3) is 4.02. The molecule has 3 nitrogen and oxygen atoms in total. The van der Waals surface area contributed by atoms with Crippen molar-refractivity contribution in [2.45, 2.75) is 52.6 Å². The average molecular weight is 401 g/mol. The van der Waals surface area contributed by atoms with Gasteiger partial charge in [-0.1, -0.05) is 43.6 Å². The minimum atomic E-state index is 0.0706. The standard InChI is InChI=1S/C22H25ClN2OS/c1-5-14(3)25(15(4)6-2)22(26)17-13-19(20-11-12-21(23)27-20)24-18-10-8-7-9-16(17)18/h7-15H,5-6H2,1-4H3. The first-order chi connectivity index (χ1) is 13.0. The predicted molar refractivity (Wildman–Crippen MR) is 116 cm³/mol. The highest BCUT2D eigenvalue weighted by Crippen LogP contribution is 2.33. The van der Waals surface area contributed by atoms with E-state index in [-0.39, 0.29) is 18.0 Å². The van der Waals surface area contributed by atoms with Gasteiger partial charge in [-0.15, -0.1) is 11.3 Å². The van der Waals surface area contributed by atoms with E-state index >= 15 is 0 Å². The Morgan fingerprint density at radius 3 is 2.37 bits per heavy atom. The molecule has 0 aliphatic carbocycles. The maximum Gasteiger partial charge on any atom is 0.255 e. The van der Waals surface area contributed by atoms with Crippen molar-refractivity contribution in [2.24, 2.45) is 0 Å². The van der Waals surface area contributed by atoms with Gasteiger partial charge in [-0.25, -0.2) is 4.98 Å². The molecular formula is C22H25ClN2OS. The number of rotatable bonds is 6.